The number of amides is 1. The maximum absolute atomic E-state index is 12.0. The molecule has 1 aromatic carbocycles. The van der Waals surface area contributed by atoms with Crippen LogP contribution >= 0.6 is 11.6 Å². The molecule has 1 amide bonds. The lowest BCUT2D eigenvalue weighted by Gasteiger charge is -2.17. The minimum absolute atomic E-state index is 0.0778. The van der Waals surface area contributed by atoms with Gasteiger partial charge in [-0.05, 0) is 30.5 Å². The number of rotatable bonds is 3. The largest absolute Gasteiger partial charge is 0.343 e. The summed E-state index contributed by atoms with van der Waals surface area (Å²) in [4.78, 5) is 13.9. The average molecular weight is 263 g/mol. The summed E-state index contributed by atoms with van der Waals surface area (Å²) < 4.78 is 0. The van der Waals surface area contributed by atoms with Gasteiger partial charge >= 0.3 is 0 Å². The van der Waals surface area contributed by atoms with Crippen molar-refractivity contribution in [3.05, 3.63) is 34.9 Å². The summed E-state index contributed by atoms with van der Waals surface area (Å²) in [7, 11) is 0. The third-order valence-corrected chi connectivity index (χ3v) is 3.52. The molecule has 18 heavy (non-hydrogen) atoms. The Kier molecular flexibility index (Phi) is 4.22. The monoisotopic (exact) mass is 262 g/mol. The molecule has 1 aromatic rings. The summed E-state index contributed by atoms with van der Waals surface area (Å²) in [6.45, 7) is 1.66. The number of nitrogens with zero attached hydrogens (tertiary/aromatic N) is 2. The van der Waals surface area contributed by atoms with Crippen molar-refractivity contribution < 1.29 is 4.79 Å². The van der Waals surface area contributed by atoms with Crippen molar-refractivity contribution in [3.63, 3.8) is 0 Å². The Morgan fingerprint density at radius 1 is 1.33 bits per heavy atom. The van der Waals surface area contributed by atoms with Crippen LogP contribution in [0.3, 0.4) is 0 Å². The number of halogens is 1. The number of carbonyl (C=O) groups excluding carboxylic acids is 1. The first-order valence-electron chi connectivity index (χ1n) is 6.13. The minimum Gasteiger partial charge on any atom is -0.343 e. The predicted molar refractivity (Wildman–Crippen MR) is 70.2 cm³/mol. The zero-order chi connectivity index (χ0) is 13.0. The second kappa shape index (κ2) is 5.88. The van der Waals surface area contributed by atoms with E-state index in [1.54, 1.807) is 12.1 Å². The number of hydrogen-bond acceptors (Lipinski definition) is 2. The van der Waals surface area contributed by atoms with E-state index in [0.29, 0.717) is 5.02 Å². The quantitative estimate of drug-likeness (QED) is 0.841. The van der Waals surface area contributed by atoms with E-state index in [2.05, 4.69) is 6.07 Å². The highest BCUT2D eigenvalue weighted by Crippen LogP contribution is 2.22. The van der Waals surface area contributed by atoms with Crippen molar-refractivity contribution in [1.82, 2.24) is 4.90 Å². The fourth-order valence-corrected chi connectivity index (χ4v) is 2.33. The molecular formula is C14H15ClN2O. The van der Waals surface area contributed by atoms with Gasteiger partial charge in [0.05, 0.1) is 12.0 Å². The van der Waals surface area contributed by atoms with Crippen LogP contribution in [0.1, 0.15) is 30.7 Å². The first kappa shape index (κ1) is 12.9. The van der Waals surface area contributed by atoms with Crippen molar-refractivity contribution in [3.8, 4) is 6.07 Å². The van der Waals surface area contributed by atoms with Crippen LogP contribution in [0.5, 0.6) is 0 Å². The lowest BCUT2D eigenvalue weighted by atomic mass is 9.97. The van der Waals surface area contributed by atoms with Gasteiger partial charge in [0.1, 0.15) is 0 Å². The maximum Gasteiger partial charge on any atom is 0.224 e. The molecule has 1 heterocycles. The van der Waals surface area contributed by atoms with E-state index in [-0.39, 0.29) is 18.2 Å². The molecule has 1 saturated heterocycles. The van der Waals surface area contributed by atoms with Gasteiger partial charge in [0, 0.05) is 24.5 Å². The first-order valence-corrected chi connectivity index (χ1v) is 6.51. The molecule has 0 N–H and O–H groups in total. The third-order valence-electron chi connectivity index (χ3n) is 3.27. The van der Waals surface area contributed by atoms with Crippen molar-refractivity contribution in [1.29, 1.82) is 5.26 Å². The molecule has 94 valence electrons. The predicted octanol–water partition coefficient (Wildman–Crippen LogP) is 2.96. The maximum atomic E-state index is 12.0. The molecular weight excluding hydrogens is 248 g/mol. The van der Waals surface area contributed by atoms with E-state index in [1.165, 1.54) is 0 Å². The van der Waals surface area contributed by atoms with E-state index in [1.807, 2.05) is 17.0 Å². The van der Waals surface area contributed by atoms with Crippen LogP contribution < -0.4 is 0 Å². The van der Waals surface area contributed by atoms with Gasteiger partial charge in [-0.25, -0.2) is 0 Å². The van der Waals surface area contributed by atoms with Crippen molar-refractivity contribution in [2.75, 3.05) is 13.1 Å². The Labute approximate surface area is 112 Å². The van der Waals surface area contributed by atoms with Gasteiger partial charge < -0.3 is 4.90 Å². The number of benzene rings is 1. The molecule has 0 radical (unpaired) electrons. The van der Waals surface area contributed by atoms with Crippen LogP contribution in [0.4, 0.5) is 0 Å². The Balaban J connectivity index is 2.03. The number of nitriles is 1. The molecule has 0 saturated carbocycles. The molecule has 3 nitrogen and oxygen atoms in total. The fraction of sp³-hybridized carbons (Fsp3) is 0.429. The summed E-state index contributed by atoms with van der Waals surface area (Å²) in [5.74, 6) is -0.302. The molecule has 0 aromatic heterocycles. The van der Waals surface area contributed by atoms with Gasteiger partial charge in [-0.3, -0.25) is 4.79 Å². The molecule has 0 aliphatic carbocycles. The molecule has 0 bridgehead atoms. The number of likely N-dealkylation sites (tertiary alicyclic amines) is 1. The molecule has 4 heteroatoms. The summed E-state index contributed by atoms with van der Waals surface area (Å²) >= 11 is 5.81. The lowest BCUT2D eigenvalue weighted by Crippen LogP contribution is -2.28. The number of hydrogen-bond donors (Lipinski definition) is 0. The zero-order valence-corrected chi connectivity index (χ0v) is 10.9. The highest BCUT2D eigenvalue weighted by atomic mass is 35.5. The normalized spacial score (nSPS) is 16.3. The second-order valence-corrected chi connectivity index (χ2v) is 4.96. The van der Waals surface area contributed by atoms with Gasteiger partial charge in [0.25, 0.3) is 0 Å². The van der Waals surface area contributed by atoms with Crippen LogP contribution in [-0.2, 0) is 4.79 Å². The van der Waals surface area contributed by atoms with Gasteiger partial charge in [0.2, 0.25) is 5.91 Å². The third kappa shape index (κ3) is 3.02. The minimum atomic E-state index is -0.379. The molecule has 1 atom stereocenters. The molecule has 1 unspecified atom stereocenters. The standard InChI is InChI=1S/C14H15ClN2O/c15-13-5-3-11(4-6-13)12(10-16)9-14(18)17-7-1-2-8-17/h3-6,12H,1-2,7-9H2. The molecule has 2 rings (SSSR count). The van der Waals surface area contributed by atoms with Crippen molar-refractivity contribution in [2.24, 2.45) is 0 Å². The smallest absolute Gasteiger partial charge is 0.224 e. The molecule has 1 aliphatic heterocycles. The van der Waals surface area contributed by atoms with Crippen molar-refractivity contribution in [2.45, 2.75) is 25.2 Å². The highest BCUT2D eigenvalue weighted by Gasteiger charge is 2.22. The van der Waals surface area contributed by atoms with E-state index in [9.17, 15) is 10.1 Å². The Morgan fingerprint density at radius 3 is 2.50 bits per heavy atom. The van der Waals surface area contributed by atoms with E-state index in [0.717, 1.165) is 31.5 Å². The number of carbonyl (C=O) groups is 1. The molecule has 1 fully saturated rings. The summed E-state index contributed by atoms with van der Waals surface area (Å²) in [5.41, 5.74) is 0.856. The zero-order valence-electron chi connectivity index (χ0n) is 10.1. The van der Waals surface area contributed by atoms with Gasteiger partial charge in [-0.15, -0.1) is 0 Å². The summed E-state index contributed by atoms with van der Waals surface area (Å²) in [6.07, 6.45) is 2.41. The summed E-state index contributed by atoms with van der Waals surface area (Å²) in [5, 5.41) is 9.83. The van der Waals surface area contributed by atoms with Gasteiger partial charge in [0.15, 0.2) is 0 Å². The van der Waals surface area contributed by atoms with Gasteiger partial charge in [-0.1, -0.05) is 23.7 Å². The van der Waals surface area contributed by atoms with Crippen molar-refractivity contribution >= 4 is 17.5 Å². The average Bonchev–Trinajstić information content (AvgIpc) is 2.91. The lowest BCUT2D eigenvalue weighted by molar-refractivity contribution is -0.130. The van der Waals surface area contributed by atoms with Gasteiger partial charge in [-0.2, -0.15) is 5.26 Å². The second-order valence-electron chi connectivity index (χ2n) is 4.53. The Bertz CT molecular complexity index is 458. The van der Waals surface area contributed by atoms with E-state index < -0.39 is 0 Å². The van der Waals surface area contributed by atoms with E-state index in [4.69, 9.17) is 11.6 Å². The van der Waals surface area contributed by atoms with Crippen LogP contribution in [0, 0.1) is 11.3 Å². The summed E-state index contributed by atoms with van der Waals surface area (Å²) in [6, 6.07) is 9.33. The first-order chi connectivity index (χ1) is 8.70. The van der Waals surface area contributed by atoms with Crippen LogP contribution in [0.2, 0.25) is 5.02 Å². The van der Waals surface area contributed by atoms with Crippen LogP contribution in [0.25, 0.3) is 0 Å². The Morgan fingerprint density at radius 2 is 1.94 bits per heavy atom. The fourth-order valence-electron chi connectivity index (χ4n) is 2.20. The van der Waals surface area contributed by atoms with Crippen LogP contribution in [0.15, 0.2) is 24.3 Å². The molecule has 1 aliphatic rings. The topological polar surface area (TPSA) is 44.1 Å². The van der Waals surface area contributed by atoms with E-state index >= 15 is 0 Å². The van der Waals surface area contributed by atoms with Crippen LogP contribution in [-0.4, -0.2) is 23.9 Å². The SMILES string of the molecule is N#CC(CC(=O)N1CCCC1)c1ccc(Cl)cc1. The highest BCUT2D eigenvalue weighted by molar-refractivity contribution is 6.30. The Hall–Kier alpha value is -1.53. The molecule has 0 spiro atoms.